The molecule has 0 N–H and O–H groups in total. The molecule has 0 radical (unpaired) electrons. The Kier molecular flexibility index (Phi) is 4.61. The minimum Gasteiger partial charge on any atom is -0.401 e. The topological polar surface area (TPSA) is 21.8 Å². The van der Waals surface area contributed by atoms with Gasteiger partial charge in [0.1, 0.15) is 5.60 Å². The van der Waals surface area contributed by atoms with Gasteiger partial charge in [0.05, 0.1) is 12.2 Å². The van der Waals surface area contributed by atoms with Crippen LogP contribution >= 0.6 is 0 Å². The van der Waals surface area contributed by atoms with Gasteiger partial charge in [-0.2, -0.15) is 0 Å². The third-order valence-corrected chi connectivity index (χ3v) is 11.6. The van der Waals surface area contributed by atoms with Gasteiger partial charge >= 0.3 is 0 Å². The SMILES string of the molecule is C[C@H]1C[C@H](O[Si](c2ccccc2)(c2ccccc2)C(C)(C)C)[C@]2(C)O[C@@H]2C1. The monoisotopic (exact) mass is 380 g/mol. The van der Waals surface area contributed by atoms with Crippen molar-refractivity contribution in [2.45, 2.75) is 70.3 Å². The highest BCUT2D eigenvalue weighted by atomic mass is 28.4. The standard InChI is InChI=1S/C24H32O2Si/c1-18-16-21-24(5,25-21)22(17-18)26-27(23(2,3)4,19-12-8-6-9-13-19)20-14-10-7-11-15-20/h6-15,18,21-22H,16-17H2,1-5H3/t18-,21-,22+,24-/m1/s1. The summed E-state index contributed by atoms with van der Waals surface area (Å²) < 4.78 is 13.5. The fourth-order valence-electron chi connectivity index (χ4n) is 4.97. The second-order valence-electron chi connectivity index (χ2n) is 9.64. The van der Waals surface area contributed by atoms with Crippen LogP contribution in [0.15, 0.2) is 60.7 Å². The van der Waals surface area contributed by atoms with Crippen LogP contribution in [0.4, 0.5) is 0 Å². The van der Waals surface area contributed by atoms with Gasteiger partial charge in [-0.25, -0.2) is 0 Å². The molecule has 1 saturated carbocycles. The Morgan fingerprint density at radius 3 is 1.93 bits per heavy atom. The van der Waals surface area contributed by atoms with Gasteiger partial charge in [-0.3, -0.25) is 0 Å². The molecule has 4 rings (SSSR count). The van der Waals surface area contributed by atoms with Crippen LogP contribution in [0.5, 0.6) is 0 Å². The third kappa shape index (κ3) is 3.10. The Bertz CT molecular complexity index is 744. The first-order valence-electron chi connectivity index (χ1n) is 10.2. The van der Waals surface area contributed by atoms with Crippen molar-refractivity contribution in [3.8, 4) is 0 Å². The van der Waals surface area contributed by atoms with Crippen LogP contribution in [-0.4, -0.2) is 26.1 Å². The zero-order chi connectivity index (χ0) is 19.3. The van der Waals surface area contributed by atoms with E-state index in [1.54, 1.807) is 0 Å². The molecule has 1 saturated heterocycles. The Hall–Kier alpha value is -1.42. The molecule has 1 heterocycles. The Balaban J connectivity index is 1.85. The summed E-state index contributed by atoms with van der Waals surface area (Å²) in [6.07, 6.45) is 2.76. The summed E-state index contributed by atoms with van der Waals surface area (Å²) in [5, 5.41) is 2.71. The zero-order valence-electron chi connectivity index (χ0n) is 17.2. The molecule has 2 aliphatic rings. The summed E-state index contributed by atoms with van der Waals surface area (Å²) in [7, 11) is -2.51. The van der Waals surface area contributed by atoms with Crippen molar-refractivity contribution in [3.05, 3.63) is 60.7 Å². The normalized spacial score (nSPS) is 30.6. The van der Waals surface area contributed by atoms with Gasteiger partial charge < -0.3 is 9.16 Å². The summed E-state index contributed by atoms with van der Waals surface area (Å²) >= 11 is 0. The second-order valence-corrected chi connectivity index (χ2v) is 13.9. The van der Waals surface area contributed by atoms with Crippen LogP contribution in [-0.2, 0) is 9.16 Å². The lowest BCUT2D eigenvalue weighted by Gasteiger charge is -2.47. The number of rotatable bonds is 4. The van der Waals surface area contributed by atoms with Crippen LogP contribution in [0.25, 0.3) is 0 Å². The summed E-state index contributed by atoms with van der Waals surface area (Å²) in [5.41, 5.74) is -0.112. The van der Waals surface area contributed by atoms with E-state index in [0.717, 1.165) is 12.8 Å². The van der Waals surface area contributed by atoms with Crippen LogP contribution in [0.1, 0.15) is 47.5 Å². The fourth-order valence-corrected chi connectivity index (χ4v) is 9.74. The molecule has 2 aromatic rings. The molecular weight excluding hydrogens is 348 g/mol. The highest BCUT2D eigenvalue weighted by Gasteiger charge is 2.64. The number of hydrogen-bond acceptors (Lipinski definition) is 2. The van der Waals surface area contributed by atoms with E-state index in [1.165, 1.54) is 10.4 Å². The number of fused-ring (bicyclic) bond motifs is 1. The minimum absolute atomic E-state index is 0.0111. The van der Waals surface area contributed by atoms with E-state index in [-0.39, 0.29) is 16.7 Å². The predicted molar refractivity (Wildman–Crippen MR) is 114 cm³/mol. The van der Waals surface area contributed by atoms with Crippen LogP contribution in [0, 0.1) is 5.92 Å². The molecule has 2 fully saturated rings. The van der Waals surface area contributed by atoms with E-state index in [1.807, 2.05) is 0 Å². The van der Waals surface area contributed by atoms with E-state index in [2.05, 4.69) is 95.3 Å². The molecule has 3 heteroatoms. The molecule has 144 valence electrons. The lowest BCUT2D eigenvalue weighted by molar-refractivity contribution is 0.0747. The Morgan fingerprint density at radius 2 is 1.44 bits per heavy atom. The van der Waals surface area contributed by atoms with Gasteiger partial charge in [-0.15, -0.1) is 0 Å². The summed E-state index contributed by atoms with van der Waals surface area (Å²) in [6, 6.07) is 21.9. The van der Waals surface area contributed by atoms with Crippen LogP contribution < -0.4 is 10.4 Å². The molecule has 4 atom stereocenters. The molecule has 27 heavy (non-hydrogen) atoms. The lowest BCUT2D eigenvalue weighted by atomic mass is 9.82. The number of ether oxygens (including phenoxy) is 1. The van der Waals surface area contributed by atoms with Crippen molar-refractivity contribution < 1.29 is 9.16 Å². The molecule has 0 amide bonds. The third-order valence-electron chi connectivity index (χ3n) is 6.59. The van der Waals surface area contributed by atoms with Gasteiger partial charge in [-0.05, 0) is 41.1 Å². The molecule has 0 spiro atoms. The summed E-state index contributed by atoms with van der Waals surface area (Å²) in [4.78, 5) is 0. The van der Waals surface area contributed by atoms with Gasteiger partial charge in [0.25, 0.3) is 8.32 Å². The molecule has 0 aromatic heterocycles. The first-order chi connectivity index (χ1) is 12.8. The quantitative estimate of drug-likeness (QED) is 0.575. The van der Waals surface area contributed by atoms with E-state index in [0.29, 0.717) is 12.0 Å². The number of epoxide rings is 1. The maximum absolute atomic E-state index is 7.36. The maximum atomic E-state index is 7.36. The van der Waals surface area contributed by atoms with Crippen molar-refractivity contribution in [2.24, 2.45) is 5.92 Å². The minimum atomic E-state index is -2.51. The molecule has 1 aliphatic carbocycles. The Morgan fingerprint density at radius 1 is 0.926 bits per heavy atom. The first kappa shape index (κ1) is 18.9. The van der Waals surface area contributed by atoms with Crippen molar-refractivity contribution >= 4 is 18.7 Å². The first-order valence-corrected chi connectivity index (χ1v) is 12.1. The highest BCUT2D eigenvalue weighted by molar-refractivity contribution is 6.99. The average Bonchev–Trinajstić information content (AvgIpc) is 3.31. The Labute approximate surface area is 165 Å². The number of benzene rings is 2. The largest absolute Gasteiger partial charge is 0.401 e. The van der Waals surface area contributed by atoms with Crippen LogP contribution in [0.2, 0.25) is 5.04 Å². The molecule has 0 bridgehead atoms. The highest BCUT2D eigenvalue weighted by Crippen LogP contribution is 2.52. The smallest absolute Gasteiger partial charge is 0.261 e. The van der Waals surface area contributed by atoms with Gasteiger partial charge in [0.15, 0.2) is 0 Å². The van der Waals surface area contributed by atoms with Crippen LogP contribution in [0.3, 0.4) is 0 Å². The molecule has 0 unspecified atom stereocenters. The van der Waals surface area contributed by atoms with E-state index in [4.69, 9.17) is 9.16 Å². The van der Waals surface area contributed by atoms with Crippen molar-refractivity contribution in [2.75, 3.05) is 0 Å². The average molecular weight is 381 g/mol. The van der Waals surface area contributed by atoms with Gasteiger partial charge in [-0.1, -0.05) is 88.4 Å². The van der Waals surface area contributed by atoms with Crippen molar-refractivity contribution in [3.63, 3.8) is 0 Å². The summed E-state index contributed by atoms with van der Waals surface area (Å²) in [6.45, 7) is 11.6. The second kappa shape index (κ2) is 6.58. The maximum Gasteiger partial charge on any atom is 0.261 e. The molecule has 1 aliphatic heterocycles. The van der Waals surface area contributed by atoms with E-state index in [9.17, 15) is 0 Å². The summed E-state index contributed by atoms with van der Waals surface area (Å²) in [5.74, 6) is 0.647. The van der Waals surface area contributed by atoms with E-state index >= 15 is 0 Å². The fraction of sp³-hybridized carbons (Fsp3) is 0.500. The van der Waals surface area contributed by atoms with Gasteiger partial charge in [0, 0.05) is 0 Å². The van der Waals surface area contributed by atoms with Crippen molar-refractivity contribution in [1.29, 1.82) is 0 Å². The molecule has 2 nitrogen and oxygen atoms in total. The van der Waals surface area contributed by atoms with Gasteiger partial charge in [0.2, 0.25) is 0 Å². The lowest BCUT2D eigenvalue weighted by Crippen LogP contribution is -2.69. The molecule has 2 aromatic carbocycles. The molecular formula is C24H32O2Si. The zero-order valence-corrected chi connectivity index (χ0v) is 18.2. The van der Waals surface area contributed by atoms with Crippen molar-refractivity contribution in [1.82, 2.24) is 0 Å². The van der Waals surface area contributed by atoms with E-state index < -0.39 is 8.32 Å². The predicted octanol–water partition coefficient (Wildman–Crippen LogP) is 4.52. The number of hydrogen-bond donors (Lipinski definition) is 0.